The number of benzene rings is 1. The molecule has 104 valence electrons. The number of nitrogens with one attached hydrogen (secondary N) is 1. The number of hydrogen-bond donors (Lipinski definition) is 1. The van der Waals surface area contributed by atoms with Crippen LogP contribution in [0.3, 0.4) is 0 Å². The molecule has 2 amide bonds. The lowest BCUT2D eigenvalue weighted by atomic mass is 10.2. The fourth-order valence-corrected chi connectivity index (χ4v) is 2.56. The summed E-state index contributed by atoms with van der Waals surface area (Å²) in [6.07, 6.45) is 0. The molecule has 1 aliphatic heterocycles. The Bertz CT molecular complexity index is 466. The quantitative estimate of drug-likeness (QED) is 0.922. The van der Waals surface area contributed by atoms with Crippen molar-refractivity contribution < 1.29 is 13.6 Å². The second kappa shape index (κ2) is 6.23. The van der Waals surface area contributed by atoms with E-state index in [1.165, 1.54) is 11.0 Å². The molecule has 0 unspecified atom stereocenters. The summed E-state index contributed by atoms with van der Waals surface area (Å²) < 4.78 is 25.8. The van der Waals surface area contributed by atoms with Gasteiger partial charge in [-0.3, -0.25) is 0 Å². The minimum absolute atomic E-state index is 0.193. The molecule has 1 N–H and O–H groups in total. The molecule has 0 bridgehead atoms. The molecule has 0 saturated carbocycles. The van der Waals surface area contributed by atoms with Gasteiger partial charge in [0.2, 0.25) is 0 Å². The lowest BCUT2D eigenvalue weighted by molar-refractivity contribution is 0.205. The van der Waals surface area contributed by atoms with Crippen LogP contribution in [0.4, 0.5) is 13.6 Å². The highest BCUT2D eigenvalue weighted by molar-refractivity contribution is 8.00. The molecule has 1 saturated heterocycles. The van der Waals surface area contributed by atoms with Crippen LogP contribution in [0.25, 0.3) is 0 Å². The zero-order valence-corrected chi connectivity index (χ0v) is 11.5. The predicted molar refractivity (Wildman–Crippen MR) is 72.0 cm³/mol. The second-order valence-electron chi connectivity index (χ2n) is 4.69. The summed E-state index contributed by atoms with van der Waals surface area (Å²) in [5.74, 6) is 0.974. The summed E-state index contributed by atoms with van der Waals surface area (Å²) in [6.45, 7) is 0.927. The van der Waals surface area contributed by atoms with Crippen LogP contribution in [0.5, 0.6) is 0 Å². The minimum Gasteiger partial charge on any atom is -0.338 e. The van der Waals surface area contributed by atoms with Crippen LogP contribution in [0.15, 0.2) is 18.2 Å². The van der Waals surface area contributed by atoms with E-state index in [1.807, 2.05) is 11.8 Å². The summed E-state index contributed by atoms with van der Waals surface area (Å²) in [4.78, 5) is 13.2. The van der Waals surface area contributed by atoms with E-state index in [0.29, 0.717) is 18.0 Å². The Kier molecular flexibility index (Phi) is 4.63. The van der Waals surface area contributed by atoms with Crippen molar-refractivity contribution in [3.05, 3.63) is 35.4 Å². The SMILES string of the molecule is CN(Cc1ccc(F)c(F)c1)C(=O)NCC1CSC1. The van der Waals surface area contributed by atoms with Crippen molar-refractivity contribution >= 4 is 17.8 Å². The van der Waals surface area contributed by atoms with E-state index in [4.69, 9.17) is 0 Å². The number of thioether (sulfide) groups is 1. The molecule has 0 radical (unpaired) electrons. The summed E-state index contributed by atoms with van der Waals surface area (Å²) >= 11 is 1.87. The fourth-order valence-electron chi connectivity index (χ4n) is 1.75. The van der Waals surface area contributed by atoms with Gasteiger partial charge in [0.1, 0.15) is 0 Å². The first kappa shape index (κ1) is 14.1. The maximum atomic E-state index is 13.0. The van der Waals surface area contributed by atoms with Crippen LogP contribution >= 0.6 is 11.8 Å². The average molecular weight is 286 g/mol. The summed E-state index contributed by atoms with van der Waals surface area (Å²) in [5, 5.41) is 2.84. The molecule has 3 nitrogen and oxygen atoms in total. The molecule has 6 heteroatoms. The van der Waals surface area contributed by atoms with E-state index in [2.05, 4.69) is 5.32 Å². The Labute approximate surface area is 115 Å². The van der Waals surface area contributed by atoms with E-state index in [-0.39, 0.29) is 12.6 Å². The van der Waals surface area contributed by atoms with Crippen molar-refractivity contribution in [2.45, 2.75) is 6.54 Å². The molecule has 0 spiro atoms. The Hall–Kier alpha value is -1.30. The van der Waals surface area contributed by atoms with Crippen molar-refractivity contribution in [2.75, 3.05) is 25.1 Å². The molecular weight excluding hydrogens is 270 g/mol. The van der Waals surface area contributed by atoms with Crippen LogP contribution in [0, 0.1) is 17.6 Å². The highest BCUT2D eigenvalue weighted by Crippen LogP contribution is 2.23. The van der Waals surface area contributed by atoms with Gasteiger partial charge in [-0.15, -0.1) is 0 Å². The van der Waals surface area contributed by atoms with Crippen LogP contribution in [0.1, 0.15) is 5.56 Å². The van der Waals surface area contributed by atoms with Crippen LogP contribution < -0.4 is 5.32 Å². The lowest BCUT2D eigenvalue weighted by Gasteiger charge is -2.26. The smallest absolute Gasteiger partial charge is 0.317 e. The number of urea groups is 1. The average Bonchev–Trinajstić information content (AvgIpc) is 2.31. The molecule has 1 aromatic carbocycles. The standard InChI is InChI=1S/C13H16F2N2OS/c1-17(13(18)16-5-10-7-19-8-10)6-9-2-3-11(14)12(15)4-9/h2-4,10H,5-8H2,1H3,(H,16,18). The molecule has 0 atom stereocenters. The first-order chi connectivity index (χ1) is 9.06. The van der Waals surface area contributed by atoms with E-state index < -0.39 is 11.6 Å². The van der Waals surface area contributed by atoms with E-state index in [9.17, 15) is 13.6 Å². The Morgan fingerprint density at radius 1 is 1.42 bits per heavy atom. The number of hydrogen-bond acceptors (Lipinski definition) is 2. The third-order valence-electron chi connectivity index (χ3n) is 3.00. The maximum Gasteiger partial charge on any atom is 0.317 e. The second-order valence-corrected chi connectivity index (χ2v) is 5.77. The Morgan fingerprint density at radius 3 is 2.74 bits per heavy atom. The van der Waals surface area contributed by atoms with Gasteiger partial charge in [0.15, 0.2) is 11.6 Å². The van der Waals surface area contributed by atoms with Gasteiger partial charge in [-0.05, 0) is 35.1 Å². The third kappa shape index (κ3) is 3.83. The zero-order chi connectivity index (χ0) is 13.8. The first-order valence-corrected chi connectivity index (χ1v) is 7.22. The molecule has 19 heavy (non-hydrogen) atoms. The maximum absolute atomic E-state index is 13.0. The largest absolute Gasteiger partial charge is 0.338 e. The number of carbonyl (C=O) groups is 1. The van der Waals surface area contributed by atoms with E-state index in [0.717, 1.165) is 23.6 Å². The fraction of sp³-hybridized carbons (Fsp3) is 0.462. The molecule has 1 aliphatic rings. The van der Waals surface area contributed by atoms with Gasteiger partial charge >= 0.3 is 6.03 Å². The number of halogens is 2. The summed E-state index contributed by atoms with van der Waals surface area (Å²) in [6, 6.07) is 3.47. The third-order valence-corrected chi connectivity index (χ3v) is 4.41. The normalized spacial score (nSPS) is 14.9. The highest BCUT2D eigenvalue weighted by atomic mass is 32.2. The minimum atomic E-state index is -0.891. The van der Waals surface area contributed by atoms with Crippen molar-refractivity contribution in [3.63, 3.8) is 0 Å². The number of carbonyl (C=O) groups excluding carboxylic acids is 1. The van der Waals surface area contributed by atoms with Crippen LogP contribution in [-0.4, -0.2) is 36.0 Å². The van der Waals surface area contributed by atoms with Crippen molar-refractivity contribution in [2.24, 2.45) is 5.92 Å². The van der Waals surface area contributed by atoms with Crippen molar-refractivity contribution in [3.8, 4) is 0 Å². The van der Waals surface area contributed by atoms with E-state index >= 15 is 0 Å². The lowest BCUT2D eigenvalue weighted by Crippen LogP contribution is -2.41. The highest BCUT2D eigenvalue weighted by Gasteiger charge is 2.19. The van der Waals surface area contributed by atoms with Gasteiger partial charge in [-0.25, -0.2) is 13.6 Å². The van der Waals surface area contributed by atoms with Gasteiger partial charge in [-0.2, -0.15) is 11.8 Å². The molecule has 1 aromatic rings. The summed E-state index contributed by atoms with van der Waals surface area (Å²) in [5.41, 5.74) is 0.566. The Balaban J connectivity index is 1.82. The molecule has 0 aromatic heterocycles. The summed E-state index contributed by atoms with van der Waals surface area (Å²) in [7, 11) is 1.63. The number of nitrogens with zero attached hydrogens (tertiary/aromatic N) is 1. The molecule has 1 heterocycles. The van der Waals surface area contributed by atoms with Gasteiger partial charge in [0, 0.05) is 20.1 Å². The van der Waals surface area contributed by atoms with Crippen LogP contribution in [-0.2, 0) is 6.54 Å². The van der Waals surface area contributed by atoms with Gasteiger partial charge in [0.05, 0.1) is 0 Å². The first-order valence-electron chi connectivity index (χ1n) is 6.07. The van der Waals surface area contributed by atoms with Gasteiger partial charge in [0.25, 0.3) is 0 Å². The monoisotopic (exact) mass is 286 g/mol. The molecule has 2 rings (SSSR count). The van der Waals surface area contributed by atoms with Crippen LogP contribution in [0.2, 0.25) is 0 Å². The zero-order valence-electron chi connectivity index (χ0n) is 10.7. The van der Waals surface area contributed by atoms with Gasteiger partial charge < -0.3 is 10.2 Å². The Morgan fingerprint density at radius 2 is 2.16 bits per heavy atom. The molecular formula is C13H16F2N2OS. The molecule has 0 aliphatic carbocycles. The van der Waals surface area contributed by atoms with Crippen molar-refractivity contribution in [1.82, 2.24) is 10.2 Å². The number of amides is 2. The van der Waals surface area contributed by atoms with Crippen molar-refractivity contribution in [1.29, 1.82) is 0 Å². The van der Waals surface area contributed by atoms with Gasteiger partial charge in [-0.1, -0.05) is 6.07 Å². The topological polar surface area (TPSA) is 32.3 Å². The van der Waals surface area contributed by atoms with E-state index in [1.54, 1.807) is 7.05 Å². The molecule has 1 fully saturated rings. The number of rotatable bonds is 4. The predicted octanol–water partition coefficient (Wildman–Crippen LogP) is 2.47.